The highest BCUT2D eigenvalue weighted by Crippen LogP contribution is 2.15. The molecular weight excluding hydrogens is 208 g/mol. The predicted octanol–water partition coefficient (Wildman–Crippen LogP) is 0.354. The first-order valence-electron chi connectivity index (χ1n) is 5.82. The van der Waals surface area contributed by atoms with Gasteiger partial charge in [-0.15, -0.1) is 0 Å². The highest BCUT2D eigenvalue weighted by atomic mass is 16.4. The van der Waals surface area contributed by atoms with Gasteiger partial charge in [0.2, 0.25) is 5.91 Å². The summed E-state index contributed by atoms with van der Waals surface area (Å²) in [6.07, 6.45) is 2.48. The predicted molar refractivity (Wildman–Crippen MR) is 60.0 cm³/mol. The summed E-state index contributed by atoms with van der Waals surface area (Å²) in [5, 5.41) is 14.5. The topological polar surface area (TPSA) is 78.4 Å². The number of carboxylic acid groups (broad SMARTS) is 1. The number of carbonyl (C=O) groups is 2. The van der Waals surface area contributed by atoms with Crippen LogP contribution < -0.4 is 10.6 Å². The van der Waals surface area contributed by atoms with E-state index in [1.165, 1.54) is 0 Å². The van der Waals surface area contributed by atoms with E-state index in [0.29, 0.717) is 6.42 Å². The Hall–Kier alpha value is -1.10. The second-order valence-corrected chi connectivity index (χ2v) is 4.36. The Bertz CT molecular complexity index is 268. The van der Waals surface area contributed by atoms with E-state index in [4.69, 9.17) is 5.11 Å². The van der Waals surface area contributed by atoms with Crippen LogP contribution in [0, 0.1) is 5.92 Å². The molecule has 1 aliphatic heterocycles. The molecule has 0 radical (unpaired) electrons. The second-order valence-electron chi connectivity index (χ2n) is 4.36. The third-order valence-electron chi connectivity index (χ3n) is 3.07. The van der Waals surface area contributed by atoms with Crippen molar-refractivity contribution in [3.63, 3.8) is 0 Å². The lowest BCUT2D eigenvalue weighted by molar-refractivity contribution is -0.142. The molecule has 1 fully saturated rings. The van der Waals surface area contributed by atoms with Gasteiger partial charge in [-0.25, -0.2) is 4.79 Å². The summed E-state index contributed by atoms with van der Waals surface area (Å²) in [6.45, 7) is 4.58. The van der Waals surface area contributed by atoms with Gasteiger partial charge >= 0.3 is 5.97 Å². The molecule has 1 aliphatic rings. The summed E-state index contributed by atoms with van der Waals surface area (Å²) in [7, 11) is 0. The van der Waals surface area contributed by atoms with Crippen LogP contribution in [0.25, 0.3) is 0 Å². The molecule has 1 rings (SSSR count). The highest BCUT2D eigenvalue weighted by molar-refractivity contribution is 5.87. The normalized spacial score (nSPS) is 27.1. The number of piperidine rings is 1. The standard InChI is InChI=1S/C11H20N2O3/c1-3-8(11(15)16)13-10(14)9-7(2)5-4-6-12-9/h7-9,12H,3-6H2,1-2H3,(H,13,14)(H,15,16)/t7?,8-,9?/m1/s1. The number of carboxylic acids is 1. The number of hydrogen-bond donors (Lipinski definition) is 3. The van der Waals surface area contributed by atoms with Crippen LogP contribution in [0.2, 0.25) is 0 Å². The SMILES string of the molecule is CC[C@@H](NC(=O)C1NCCCC1C)C(=O)O. The van der Waals surface area contributed by atoms with Crippen LogP contribution in [0.5, 0.6) is 0 Å². The molecule has 92 valence electrons. The Morgan fingerprint density at radius 3 is 2.75 bits per heavy atom. The molecular formula is C11H20N2O3. The van der Waals surface area contributed by atoms with E-state index < -0.39 is 12.0 Å². The first-order chi connectivity index (χ1) is 7.56. The lowest BCUT2D eigenvalue weighted by Crippen LogP contribution is -2.54. The lowest BCUT2D eigenvalue weighted by Gasteiger charge is -2.29. The Balaban J connectivity index is 2.52. The molecule has 0 saturated carbocycles. The average Bonchev–Trinajstić information content (AvgIpc) is 2.25. The van der Waals surface area contributed by atoms with Crippen molar-refractivity contribution >= 4 is 11.9 Å². The van der Waals surface area contributed by atoms with E-state index >= 15 is 0 Å². The summed E-state index contributed by atoms with van der Waals surface area (Å²) in [5.74, 6) is -0.902. The molecule has 5 nitrogen and oxygen atoms in total. The lowest BCUT2D eigenvalue weighted by atomic mass is 9.92. The molecule has 1 saturated heterocycles. The minimum atomic E-state index is -0.973. The zero-order valence-electron chi connectivity index (χ0n) is 9.82. The van der Waals surface area contributed by atoms with E-state index in [0.717, 1.165) is 19.4 Å². The Labute approximate surface area is 95.6 Å². The van der Waals surface area contributed by atoms with Crippen LogP contribution in [0.1, 0.15) is 33.1 Å². The van der Waals surface area contributed by atoms with E-state index in [2.05, 4.69) is 10.6 Å². The van der Waals surface area contributed by atoms with Crippen molar-refractivity contribution in [3.8, 4) is 0 Å². The molecule has 5 heteroatoms. The summed E-state index contributed by atoms with van der Waals surface area (Å²) < 4.78 is 0. The molecule has 0 bridgehead atoms. The summed E-state index contributed by atoms with van der Waals surface area (Å²) in [5.41, 5.74) is 0. The van der Waals surface area contributed by atoms with E-state index in [1.807, 2.05) is 6.92 Å². The minimum absolute atomic E-state index is 0.193. The van der Waals surface area contributed by atoms with Gasteiger partial charge in [-0.3, -0.25) is 4.79 Å². The molecule has 1 heterocycles. The molecule has 3 N–H and O–H groups in total. The Kier molecular flexibility index (Phi) is 4.73. The Morgan fingerprint density at radius 2 is 2.25 bits per heavy atom. The smallest absolute Gasteiger partial charge is 0.326 e. The van der Waals surface area contributed by atoms with Crippen molar-refractivity contribution < 1.29 is 14.7 Å². The second kappa shape index (κ2) is 5.84. The third kappa shape index (κ3) is 3.20. The third-order valence-corrected chi connectivity index (χ3v) is 3.07. The number of rotatable bonds is 4. The molecule has 0 aromatic rings. The van der Waals surface area contributed by atoms with Gasteiger partial charge in [-0.05, 0) is 31.7 Å². The monoisotopic (exact) mass is 228 g/mol. The fraction of sp³-hybridized carbons (Fsp3) is 0.818. The van der Waals surface area contributed by atoms with Crippen molar-refractivity contribution in [3.05, 3.63) is 0 Å². The van der Waals surface area contributed by atoms with Crippen molar-refractivity contribution in [2.75, 3.05) is 6.54 Å². The van der Waals surface area contributed by atoms with Crippen LogP contribution in [-0.4, -0.2) is 35.6 Å². The van der Waals surface area contributed by atoms with Gasteiger partial charge in [0.05, 0.1) is 6.04 Å². The van der Waals surface area contributed by atoms with Crippen LogP contribution in [0.4, 0.5) is 0 Å². The van der Waals surface area contributed by atoms with Gasteiger partial charge in [0.1, 0.15) is 6.04 Å². The number of aliphatic carboxylic acids is 1. The molecule has 0 spiro atoms. The molecule has 0 aliphatic carbocycles. The fourth-order valence-electron chi connectivity index (χ4n) is 2.00. The maximum absolute atomic E-state index is 11.8. The van der Waals surface area contributed by atoms with Crippen molar-refractivity contribution in [2.45, 2.75) is 45.2 Å². The molecule has 3 atom stereocenters. The molecule has 1 amide bonds. The van der Waals surface area contributed by atoms with Crippen LogP contribution in [0.3, 0.4) is 0 Å². The maximum atomic E-state index is 11.8. The van der Waals surface area contributed by atoms with Gasteiger partial charge in [-0.2, -0.15) is 0 Å². The maximum Gasteiger partial charge on any atom is 0.326 e. The number of nitrogens with one attached hydrogen (secondary N) is 2. The van der Waals surface area contributed by atoms with E-state index in [9.17, 15) is 9.59 Å². The zero-order valence-corrected chi connectivity index (χ0v) is 9.82. The quantitative estimate of drug-likeness (QED) is 0.649. The average molecular weight is 228 g/mol. The van der Waals surface area contributed by atoms with Crippen molar-refractivity contribution in [2.24, 2.45) is 5.92 Å². The number of amides is 1. The number of carbonyl (C=O) groups excluding carboxylic acids is 1. The first-order valence-corrected chi connectivity index (χ1v) is 5.82. The molecule has 0 aromatic carbocycles. The summed E-state index contributed by atoms with van der Waals surface area (Å²) in [6, 6.07) is -1.02. The van der Waals surface area contributed by atoms with Gasteiger partial charge < -0.3 is 15.7 Å². The Morgan fingerprint density at radius 1 is 1.56 bits per heavy atom. The van der Waals surface area contributed by atoms with Crippen LogP contribution in [-0.2, 0) is 9.59 Å². The van der Waals surface area contributed by atoms with Crippen molar-refractivity contribution in [1.82, 2.24) is 10.6 Å². The minimum Gasteiger partial charge on any atom is -0.480 e. The van der Waals surface area contributed by atoms with Crippen molar-refractivity contribution in [1.29, 1.82) is 0 Å². The van der Waals surface area contributed by atoms with Crippen LogP contribution in [0.15, 0.2) is 0 Å². The summed E-state index contributed by atoms with van der Waals surface area (Å²) in [4.78, 5) is 22.6. The van der Waals surface area contributed by atoms with Gasteiger partial charge in [0, 0.05) is 0 Å². The number of hydrogen-bond acceptors (Lipinski definition) is 3. The van der Waals surface area contributed by atoms with E-state index in [1.54, 1.807) is 6.92 Å². The molecule has 0 aromatic heterocycles. The highest BCUT2D eigenvalue weighted by Gasteiger charge is 2.29. The van der Waals surface area contributed by atoms with Gasteiger partial charge in [0.15, 0.2) is 0 Å². The first kappa shape index (κ1) is 13.0. The van der Waals surface area contributed by atoms with E-state index in [-0.39, 0.29) is 17.9 Å². The molecule has 2 unspecified atom stereocenters. The van der Waals surface area contributed by atoms with Gasteiger partial charge in [0.25, 0.3) is 0 Å². The summed E-state index contributed by atoms with van der Waals surface area (Å²) >= 11 is 0. The largest absolute Gasteiger partial charge is 0.480 e. The van der Waals surface area contributed by atoms with Gasteiger partial charge in [-0.1, -0.05) is 13.8 Å². The molecule has 16 heavy (non-hydrogen) atoms. The zero-order chi connectivity index (χ0) is 12.1. The van der Waals surface area contributed by atoms with Crippen LogP contribution >= 0.6 is 0 Å². The fourth-order valence-corrected chi connectivity index (χ4v) is 2.00.